The Bertz CT molecular complexity index is 464. The zero-order chi connectivity index (χ0) is 12.6. The minimum absolute atomic E-state index is 0.582. The molecule has 1 aromatic rings. The number of aliphatic hydroxyl groups is 2. The van der Waals surface area contributed by atoms with Gasteiger partial charge in [0.2, 0.25) is 6.23 Å². The first-order valence-corrected chi connectivity index (χ1v) is 4.84. The second kappa shape index (κ2) is 4.13. The largest absolute Gasteiger partial charge is 0.394 e. The summed E-state index contributed by atoms with van der Waals surface area (Å²) in [6, 6.07) is 1.29. The van der Waals surface area contributed by atoms with Crippen molar-refractivity contribution in [1.82, 2.24) is 9.55 Å². The number of halogens is 2. The number of aromatic nitrogens is 2. The number of hydrogen-bond acceptors (Lipinski definition) is 5. The molecule has 2 N–H and O–H groups in total. The molecule has 0 amide bonds. The van der Waals surface area contributed by atoms with E-state index in [1.54, 1.807) is 0 Å². The first-order valence-electron chi connectivity index (χ1n) is 4.84. The van der Waals surface area contributed by atoms with Gasteiger partial charge in [0.25, 0.3) is 0 Å². The van der Waals surface area contributed by atoms with Gasteiger partial charge < -0.3 is 14.9 Å². The molecule has 0 radical (unpaired) electrons. The molecular weight excluding hydrogens is 238 g/mol. The monoisotopic (exact) mass is 248 g/mol. The average molecular weight is 248 g/mol. The summed E-state index contributed by atoms with van der Waals surface area (Å²) in [5.74, 6) is -3.67. The SMILES string of the molecule is O=c1ncccn1[C@@H]1O[C@H](CO)[C@@H](O)C1(F)F. The Balaban J connectivity index is 2.41. The average Bonchev–Trinajstić information content (AvgIpc) is 2.52. The molecule has 1 saturated heterocycles. The Kier molecular flexibility index (Phi) is 2.94. The summed E-state index contributed by atoms with van der Waals surface area (Å²) < 4.78 is 32.6. The van der Waals surface area contributed by atoms with Crippen LogP contribution in [0.4, 0.5) is 8.78 Å². The smallest absolute Gasteiger partial charge is 0.349 e. The van der Waals surface area contributed by atoms with Crippen LogP contribution in [0.3, 0.4) is 0 Å². The van der Waals surface area contributed by atoms with Gasteiger partial charge in [0, 0.05) is 12.4 Å². The third-order valence-corrected chi connectivity index (χ3v) is 2.55. The van der Waals surface area contributed by atoms with Gasteiger partial charge in [-0.2, -0.15) is 8.78 Å². The third kappa shape index (κ3) is 1.84. The Morgan fingerprint density at radius 1 is 1.59 bits per heavy atom. The predicted molar refractivity (Wildman–Crippen MR) is 50.4 cm³/mol. The summed E-state index contributed by atoms with van der Waals surface area (Å²) in [5, 5.41) is 18.0. The van der Waals surface area contributed by atoms with Gasteiger partial charge in [-0.05, 0) is 6.07 Å². The normalized spacial score (nSPS) is 31.6. The lowest BCUT2D eigenvalue weighted by Gasteiger charge is -2.20. The fourth-order valence-corrected chi connectivity index (χ4v) is 1.67. The molecule has 94 valence electrons. The molecular formula is C9H10F2N2O4. The highest BCUT2D eigenvalue weighted by molar-refractivity contribution is 4.97. The second-order valence-electron chi connectivity index (χ2n) is 3.64. The van der Waals surface area contributed by atoms with Gasteiger partial charge in [-0.25, -0.2) is 9.78 Å². The predicted octanol–water partition coefficient (Wildman–Crippen LogP) is -0.871. The lowest BCUT2D eigenvalue weighted by Crippen LogP contribution is -2.41. The van der Waals surface area contributed by atoms with Crippen molar-refractivity contribution in [2.45, 2.75) is 24.4 Å². The van der Waals surface area contributed by atoms with Crippen LogP contribution >= 0.6 is 0 Å². The first kappa shape index (κ1) is 12.1. The van der Waals surface area contributed by atoms with E-state index in [0.29, 0.717) is 4.57 Å². The Morgan fingerprint density at radius 2 is 2.29 bits per heavy atom. The maximum absolute atomic E-state index is 13.6. The summed E-state index contributed by atoms with van der Waals surface area (Å²) in [7, 11) is 0. The maximum Gasteiger partial charge on any atom is 0.349 e. The van der Waals surface area contributed by atoms with E-state index in [1.165, 1.54) is 6.07 Å². The maximum atomic E-state index is 13.6. The molecule has 6 nitrogen and oxygen atoms in total. The molecule has 1 aromatic heterocycles. The minimum Gasteiger partial charge on any atom is -0.394 e. The fraction of sp³-hybridized carbons (Fsp3) is 0.556. The molecule has 0 aliphatic carbocycles. The van der Waals surface area contributed by atoms with Crippen LogP contribution in [0.1, 0.15) is 6.23 Å². The Labute approximate surface area is 94.1 Å². The molecule has 0 aromatic carbocycles. The summed E-state index contributed by atoms with van der Waals surface area (Å²) >= 11 is 0. The van der Waals surface area contributed by atoms with Gasteiger partial charge in [0.05, 0.1) is 6.61 Å². The Hall–Kier alpha value is -1.38. The van der Waals surface area contributed by atoms with Crippen LogP contribution in [-0.4, -0.2) is 44.5 Å². The van der Waals surface area contributed by atoms with Crippen molar-refractivity contribution in [2.75, 3.05) is 6.61 Å². The highest BCUT2D eigenvalue weighted by atomic mass is 19.3. The van der Waals surface area contributed by atoms with E-state index in [0.717, 1.165) is 12.4 Å². The van der Waals surface area contributed by atoms with Crippen LogP contribution in [0.25, 0.3) is 0 Å². The number of alkyl halides is 2. The highest BCUT2D eigenvalue weighted by Gasteiger charge is 2.59. The van der Waals surface area contributed by atoms with Crippen molar-refractivity contribution in [2.24, 2.45) is 0 Å². The zero-order valence-corrected chi connectivity index (χ0v) is 8.53. The molecule has 3 atom stereocenters. The van der Waals surface area contributed by atoms with E-state index < -0.39 is 36.7 Å². The molecule has 0 bridgehead atoms. The standard InChI is InChI=1S/C9H10F2N2O4/c10-9(11)6(15)5(4-14)17-7(9)13-3-1-2-12-8(13)16/h1-3,5-7,14-15H,4H2/t5-,6-,7-/m1/s1. The lowest BCUT2D eigenvalue weighted by atomic mass is 10.1. The van der Waals surface area contributed by atoms with Crippen molar-refractivity contribution >= 4 is 0 Å². The number of rotatable bonds is 2. The van der Waals surface area contributed by atoms with Gasteiger partial charge in [0.15, 0.2) is 6.10 Å². The summed E-state index contributed by atoms with van der Waals surface area (Å²) in [6.45, 7) is -0.762. The van der Waals surface area contributed by atoms with E-state index in [1.807, 2.05) is 0 Å². The van der Waals surface area contributed by atoms with Gasteiger partial charge in [-0.15, -0.1) is 0 Å². The molecule has 1 fully saturated rings. The Morgan fingerprint density at radius 3 is 2.82 bits per heavy atom. The van der Waals surface area contributed by atoms with Crippen LogP contribution < -0.4 is 5.69 Å². The van der Waals surface area contributed by atoms with E-state index in [4.69, 9.17) is 9.84 Å². The van der Waals surface area contributed by atoms with Crippen LogP contribution in [0.2, 0.25) is 0 Å². The fourth-order valence-electron chi connectivity index (χ4n) is 1.67. The third-order valence-electron chi connectivity index (χ3n) is 2.55. The molecule has 1 aliphatic rings. The van der Waals surface area contributed by atoms with Gasteiger partial charge in [0.1, 0.15) is 6.10 Å². The molecule has 0 saturated carbocycles. The van der Waals surface area contributed by atoms with Crippen LogP contribution in [0.15, 0.2) is 23.3 Å². The van der Waals surface area contributed by atoms with E-state index in [-0.39, 0.29) is 0 Å². The number of nitrogens with zero attached hydrogens (tertiary/aromatic N) is 2. The highest BCUT2D eigenvalue weighted by Crippen LogP contribution is 2.41. The van der Waals surface area contributed by atoms with Crippen LogP contribution in [0.5, 0.6) is 0 Å². The molecule has 17 heavy (non-hydrogen) atoms. The van der Waals surface area contributed by atoms with Crippen molar-refractivity contribution in [3.05, 3.63) is 28.9 Å². The van der Waals surface area contributed by atoms with E-state index >= 15 is 0 Å². The minimum atomic E-state index is -3.67. The number of ether oxygens (including phenoxy) is 1. The van der Waals surface area contributed by atoms with Crippen molar-refractivity contribution in [3.63, 3.8) is 0 Å². The molecule has 2 heterocycles. The van der Waals surface area contributed by atoms with E-state index in [9.17, 15) is 18.7 Å². The zero-order valence-electron chi connectivity index (χ0n) is 8.53. The molecule has 0 unspecified atom stereocenters. The van der Waals surface area contributed by atoms with Gasteiger partial charge in [-0.3, -0.25) is 4.57 Å². The van der Waals surface area contributed by atoms with Crippen molar-refractivity contribution in [1.29, 1.82) is 0 Å². The first-order chi connectivity index (χ1) is 7.98. The summed E-state index contributed by atoms with van der Waals surface area (Å²) in [6.07, 6.45) is -3.31. The second-order valence-corrected chi connectivity index (χ2v) is 3.64. The van der Waals surface area contributed by atoms with Crippen LogP contribution in [0, 0.1) is 0 Å². The molecule has 2 rings (SSSR count). The van der Waals surface area contributed by atoms with Crippen molar-refractivity contribution < 1.29 is 23.7 Å². The topological polar surface area (TPSA) is 84.6 Å². The van der Waals surface area contributed by atoms with Crippen LogP contribution in [-0.2, 0) is 4.74 Å². The quantitative estimate of drug-likeness (QED) is 0.710. The van der Waals surface area contributed by atoms with E-state index in [2.05, 4.69) is 4.98 Å². The van der Waals surface area contributed by atoms with Gasteiger partial charge in [-0.1, -0.05) is 0 Å². The number of aliphatic hydroxyl groups excluding tert-OH is 2. The van der Waals surface area contributed by atoms with Gasteiger partial charge >= 0.3 is 11.6 Å². The summed E-state index contributed by atoms with van der Waals surface area (Å²) in [4.78, 5) is 14.6. The lowest BCUT2D eigenvalue weighted by molar-refractivity contribution is -0.141. The molecule has 8 heteroatoms. The summed E-state index contributed by atoms with van der Waals surface area (Å²) in [5.41, 5.74) is -0.914. The number of hydrogen-bond donors (Lipinski definition) is 2. The molecule has 0 spiro atoms. The molecule has 1 aliphatic heterocycles. The van der Waals surface area contributed by atoms with Crippen molar-refractivity contribution in [3.8, 4) is 0 Å².